The molecule has 2 heterocycles. The van der Waals surface area contributed by atoms with Crippen LogP contribution in [0, 0.1) is 11.6 Å². The topological polar surface area (TPSA) is 59.1 Å². The molecule has 6 nitrogen and oxygen atoms in total. The lowest BCUT2D eigenvalue weighted by Crippen LogP contribution is -2.48. The van der Waals surface area contributed by atoms with E-state index >= 15 is 0 Å². The molecule has 26 heavy (non-hydrogen) atoms. The molecule has 0 bridgehead atoms. The summed E-state index contributed by atoms with van der Waals surface area (Å²) >= 11 is 0. The van der Waals surface area contributed by atoms with Crippen LogP contribution in [0.3, 0.4) is 0 Å². The number of rotatable bonds is 6. The summed E-state index contributed by atoms with van der Waals surface area (Å²) < 4.78 is 66.4. The highest BCUT2D eigenvalue weighted by molar-refractivity contribution is 7.89. The van der Waals surface area contributed by atoms with E-state index in [-0.39, 0.29) is 12.6 Å². The van der Waals surface area contributed by atoms with Crippen LogP contribution < -0.4 is 0 Å². The van der Waals surface area contributed by atoms with Crippen molar-refractivity contribution in [2.24, 2.45) is 0 Å². The minimum Gasteiger partial charge on any atom is -0.381 e. The van der Waals surface area contributed by atoms with Gasteiger partial charge in [-0.3, -0.25) is 4.90 Å². The predicted molar refractivity (Wildman–Crippen MR) is 91.3 cm³/mol. The fourth-order valence-corrected chi connectivity index (χ4v) is 5.17. The van der Waals surface area contributed by atoms with Crippen molar-refractivity contribution < 1.29 is 26.7 Å². The maximum atomic E-state index is 14.2. The van der Waals surface area contributed by atoms with E-state index in [1.165, 1.54) is 4.31 Å². The summed E-state index contributed by atoms with van der Waals surface area (Å²) in [4.78, 5) is 1.23. The molecule has 3 rings (SSSR count). The van der Waals surface area contributed by atoms with E-state index in [4.69, 9.17) is 9.47 Å². The first-order valence-corrected chi connectivity index (χ1v) is 10.3. The third-order valence-corrected chi connectivity index (χ3v) is 6.83. The van der Waals surface area contributed by atoms with Crippen molar-refractivity contribution in [2.45, 2.75) is 23.8 Å². The van der Waals surface area contributed by atoms with Crippen molar-refractivity contribution in [3.8, 4) is 0 Å². The molecule has 0 saturated carbocycles. The lowest BCUT2D eigenvalue weighted by atomic mass is 10.1. The molecule has 0 radical (unpaired) electrons. The van der Waals surface area contributed by atoms with E-state index in [2.05, 4.69) is 4.90 Å². The van der Waals surface area contributed by atoms with Gasteiger partial charge in [-0.05, 0) is 25.0 Å². The highest BCUT2D eigenvalue weighted by atomic mass is 32.2. The molecule has 0 aliphatic carbocycles. The molecule has 1 aromatic carbocycles. The molecule has 2 saturated heterocycles. The molecule has 2 aliphatic rings. The first-order valence-electron chi connectivity index (χ1n) is 8.84. The minimum atomic E-state index is -4.29. The zero-order chi connectivity index (χ0) is 18.6. The van der Waals surface area contributed by atoms with Crippen molar-refractivity contribution in [1.82, 2.24) is 9.21 Å². The Morgan fingerprint density at radius 2 is 1.62 bits per heavy atom. The van der Waals surface area contributed by atoms with Crippen molar-refractivity contribution >= 4 is 10.0 Å². The van der Waals surface area contributed by atoms with Gasteiger partial charge in [0.1, 0.15) is 11.6 Å². The van der Waals surface area contributed by atoms with Gasteiger partial charge in [-0.15, -0.1) is 0 Å². The lowest BCUT2D eigenvalue weighted by molar-refractivity contribution is 0.0291. The average molecular weight is 390 g/mol. The average Bonchev–Trinajstić information content (AvgIpc) is 2.63. The van der Waals surface area contributed by atoms with E-state index in [1.54, 1.807) is 0 Å². The number of benzene rings is 1. The summed E-state index contributed by atoms with van der Waals surface area (Å²) in [7, 11) is -4.29. The third kappa shape index (κ3) is 4.40. The monoisotopic (exact) mass is 390 g/mol. The highest BCUT2D eigenvalue weighted by Crippen LogP contribution is 2.27. The smallest absolute Gasteiger partial charge is 0.249 e. The van der Waals surface area contributed by atoms with Gasteiger partial charge in [0, 0.05) is 45.4 Å². The Morgan fingerprint density at radius 3 is 2.23 bits per heavy atom. The first kappa shape index (κ1) is 19.6. The van der Waals surface area contributed by atoms with Crippen LogP contribution in [0.1, 0.15) is 12.8 Å². The molecule has 0 unspecified atom stereocenters. The van der Waals surface area contributed by atoms with Gasteiger partial charge in [0.05, 0.1) is 13.2 Å². The summed E-state index contributed by atoms with van der Waals surface area (Å²) in [6, 6.07) is 2.78. The summed E-state index contributed by atoms with van der Waals surface area (Å²) in [6.45, 7) is 4.20. The summed E-state index contributed by atoms with van der Waals surface area (Å²) in [6.07, 6.45) is 1.02. The van der Waals surface area contributed by atoms with Crippen molar-refractivity contribution in [3.63, 3.8) is 0 Å². The Morgan fingerprint density at radius 1 is 1.04 bits per heavy atom. The van der Waals surface area contributed by atoms with Gasteiger partial charge >= 0.3 is 0 Å². The second kappa shape index (κ2) is 8.71. The van der Waals surface area contributed by atoms with E-state index < -0.39 is 26.6 Å². The second-order valence-corrected chi connectivity index (χ2v) is 8.29. The first-order chi connectivity index (χ1) is 12.5. The number of nitrogens with zero attached hydrogens (tertiary/aromatic N) is 2. The number of halogens is 2. The molecule has 0 atom stereocenters. The molecule has 0 amide bonds. The zero-order valence-electron chi connectivity index (χ0n) is 14.6. The molecule has 1 aromatic rings. The van der Waals surface area contributed by atoms with Crippen LogP contribution in [0.5, 0.6) is 0 Å². The van der Waals surface area contributed by atoms with Gasteiger partial charge in [0.15, 0.2) is 4.90 Å². The SMILES string of the molecule is O=S(=O)(c1c(F)cccc1F)N(CCN1CCOCC1)C1CCOCC1. The Hall–Kier alpha value is -1.13. The van der Waals surface area contributed by atoms with Crippen molar-refractivity contribution in [3.05, 3.63) is 29.8 Å². The van der Waals surface area contributed by atoms with Crippen LogP contribution in [-0.2, 0) is 19.5 Å². The number of morpholine rings is 1. The van der Waals surface area contributed by atoms with E-state index in [0.29, 0.717) is 45.8 Å². The van der Waals surface area contributed by atoms with Crippen LogP contribution in [0.2, 0.25) is 0 Å². The number of ether oxygens (including phenoxy) is 2. The summed E-state index contributed by atoms with van der Waals surface area (Å²) in [5, 5.41) is 0. The van der Waals surface area contributed by atoms with Gasteiger partial charge in [-0.25, -0.2) is 17.2 Å². The van der Waals surface area contributed by atoms with Crippen molar-refractivity contribution in [1.29, 1.82) is 0 Å². The maximum absolute atomic E-state index is 14.2. The lowest BCUT2D eigenvalue weighted by Gasteiger charge is -2.35. The molecular formula is C17H24F2N2O4S. The van der Waals surface area contributed by atoms with E-state index in [1.807, 2.05) is 0 Å². The molecule has 0 spiro atoms. The highest BCUT2D eigenvalue weighted by Gasteiger charge is 2.36. The largest absolute Gasteiger partial charge is 0.381 e. The second-order valence-electron chi connectivity index (χ2n) is 6.46. The quantitative estimate of drug-likeness (QED) is 0.736. The molecule has 2 aliphatic heterocycles. The molecule has 0 aromatic heterocycles. The third-order valence-electron chi connectivity index (χ3n) is 4.82. The maximum Gasteiger partial charge on any atom is 0.249 e. The Kier molecular flexibility index (Phi) is 6.57. The van der Waals surface area contributed by atoms with Gasteiger partial charge in [0.2, 0.25) is 10.0 Å². The Labute approximate surface area is 152 Å². The van der Waals surface area contributed by atoms with Crippen molar-refractivity contribution in [2.75, 3.05) is 52.6 Å². The van der Waals surface area contributed by atoms with Gasteiger partial charge in [-0.2, -0.15) is 4.31 Å². The number of sulfonamides is 1. The van der Waals surface area contributed by atoms with Crippen LogP contribution in [0.25, 0.3) is 0 Å². The number of hydrogen-bond acceptors (Lipinski definition) is 5. The van der Waals surface area contributed by atoms with Gasteiger partial charge in [0.25, 0.3) is 0 Å². The molecule has 2 fully saturated rings. The van der Waals surface area contributed by atoms with Gasteiger partial charge < -0.3 is 9.47 Å². The van der Waals surface area contributed by atoms with Crippen LogP contribution in [0.4, 0.5) is 8.78 Å². The van der Waals surface area contributed by atoms with Crippen LogP contribution in [0.15, 0.2) is 23.1 Å². The predicted octanol–water partition coefficient (Wildman–Crippen LogP) is 1.47. The number of hydrogen-bond donors (Lipinski definition) is 0. The van der Waals surface area contributed by atoms with Crippen LogP contribution in [-0.4, -0.2) is 76.3 Å². The van der Waals surface area contributed by atoms with E-state index in [0.717, 1.165) is 31.3 Å². The molecule has 0 N–H and O–H groups in total. The minimum absolute atomic E-state index is 0.181. The Balaban J connectivity index is 1.85. The molecule has 9 heteroatoms. The standard InChI is InChI=1S/C17H24F2N2O4S/c18-15-2-1-3-16(19)17(15)26(22,23)21(14-4-10-24-11-5-14)7-6-20-8-12-25-13-9-20/h1-3,14H,4-13H2. The Bertz CT molecular complexity index is 684. The van der Waals surface area contributed by atoms with E-state index in [9.17, 15) is 17.2 Å². The fourth-order valence-electron chi connectivity index (χ4n) is 3.38. The summed E-state index contributed by atoms with van der Waals surface area (Å²) in [5.74, 6) is -2.12. The fraction of sp³-hybridized carbons (Fsp3) is 0.647. The normalized spacial score (nSPS) is 20.6. The summed E-state index contributed by atoms with van der Waals surface area (Å²) in [5.41, 5.74) is 0. The van der Waals surface area contributed by atoms with Gasteiger partial charge in [-0.1, -0.05) is 6.07 Å². The molecule has 146 valence electrons. The van der Waals surface area contributed by atoms with Crippen LogP contribution >= 0.6 is 0 Å². The molecular weight excluding hydrogens is 366 g/mol. The zero-order valence-corrected chi connectivity index (χ0v) is 15.4.